The van der Waals surface area contributed by atoms with Crippen LogP contribution in [0.15, 0.2) is 0 Å². The van der Waals surface area contributed by atoms with E-state index in [1.54, 1.807) is 11.3 Å². The summed E-state index contributed by atoms with van der Waals surface area (Å²) in [5.74, 6) is 0.464. The highest BCUT2D eigenvalue weighted by Crippen LogP contribution is 2.40. The van der Waals surface area contributed by atoms with Gasteiger partial charge in [-0.3, -0.25) is 4.79 Å². The Morgan fingerprint density at radius 2 is 2.43 bits per heavy atom. The summed E-state index contributed by atoms with van der Waals surface area (Å²) in [6.07, 6.45) is 2.82. The maximum absolute atomic E-state index is 11.1. The van der Waals surface area contributed by atoms with Gasteiger partial charge in [-0.25, -0.2) is 4.98 Å². The van der Waals surface area contributed by atoms with E-state index >= 15 is 0 Å². The van der Waals surface area contributed by atoms with Crippen LogP contribution in [0.1, 0.15) is 29.5 Å². The van der Waals surface area contributed by atoms with E-state index in [9.17, 15) is 4.79 Å². The molecule has 0 atom stereocenters. The summed E-state index contributed by atoms with van der Waals surface area (Å²) >= 11 is 1.72. The van der Waals surface area contributed by atoms with Gasteiger partial charge in [0.25, 0.3) is 0 Å². The molecule has 74 valence electrons. The number of methoxy groups -OCH3 is 1. The molecule has 0 bridgehead atoms. The third kappa shape index (κ3) is 1.98. The summed E-state index contributed by atoms with van der Waals surface area (Å²) in [5.41, 5.74) is 0.892. The van der Waals surface area contributed by atoms with Crippen LogP contribution in [0.3, 0.4) is 0 Å². The Hall–Kier alpha value is -0.835. The first-order valence-electron chi connectivity index (χ1n) is 4.73. The second kappa shape index (κ2) is 3.73. The molecule has 0 aliphatic heterocycles. The van der Waals surface area contributed by atoms with Crippen molar-refractivity contribution >= 4 is 29.9 Å². The highest BCUT2D eigenvalue weighted by molar-refractivity contribution is 7.20. The average molecular weight is 209 g/mol. The molecular formula is C9H12BNO2S. The first kappa shape index (κ1) is 9.71. The summed E-state index contributed by atoms with van der Waals surface area (Å²) in [5, 5.41) is 1.20. The maximum Gasteiger partial charge on any atom is 0.311 e. The number of rotatable bonds is 3. The van der Waals surface area contributed by atoms with Crippen LogP contribution in [0, 0.1) is 0 Å². The minimum atomic E-state index is -0.208. The van der Waals surface area contributed by atoms with Crippen molar-refractivity contribution in [1.82, 2.24) is 4.98 Å². The summed E-state index contributed by atoms with van der Waals surface area (Å²) in [6.45, 7) is 0. The van der Waals surface area contributed by atoms with Gasteiger partial charge in [0, 0.05) is 5.92 Å². The largest absolute Gasteiger partial charge is 0.469 e. The highest BCUT2D eigenvalue weighted by atomic mass is 32.1. The molecule has 14 heavy (non-hydrogen) atoms. The zero-order valence-electron chi connectivity index (χ0n) is 8.37. The molecule has 0 aromatic carbocycles. The van der Waals surface area contributed by atoms with Crippen molar-refractivity contribution in [1.29, 1.82) is 0 Å². The first-order chi connectivity index (χ1) is 6.70. The van der Waals surface area contributed by atoms with Gasteiger partial charge in [-0.1, -0.05) is 0 Å². The van der Waals surface area contributed by atoms with E-state index in [0.717, 1.165) is 10.5 Å². The second-order valence-corrected chi connectivity index (χ2v) is 4.82. The number of hydrogen-bond donors (Lipinski definition) is 0. The first-order valence-corrected chi connectivity index (χ1v) is 5.55. The van der Waals surface area contributed by atoms with E-state index < -0.39 is 0 Å². The second-order valence-electron chi connectivity index (χ2n) is 3.58. The monoisotopic (exact) mass is 209 g/mol. The molecule has 2 rings (SSSR count). The fourth-order valence-corrected chi connectivity index (χ4v) is 2.44. The lowest BCUT2D eigenvalue weighted by Crippen LogP contribution is -2.12. The van der Waals surface area contributed by atoms with Gasteiger partial charge in [-0.2, -0.15) is 0 Å². The van der Waals surface area contributed by atoms with Crippen molar-refractivity contribution in [3.63, 3.8) is 0 Å². The van der Waals surface area contributed by atoms with Crippen LogP contribution in [0.25, 0.3) is 0 Å². The Bertz CT molecular complexity index is 360. The number of nitrogens with zero attached hydrogens (tertiary/aromatic N) is 1. The topological polar surface area (TPSA) is 39.2 Å². The molecule has 0 saturated heterocycles. The lowest BCUT2D eigenvalue weighted by atomic mass is 10.0. The van der Waals surface area contributed by atoms with E-state index in [1.807, 2.05) is 7.85 Å². The fraction of sp³-hybridized carbons (Fsp3) is 0.556. The molecule has 1 aromatic rings. The van der Waals surface area contributed by atoms with Crippen LogP contribution in [0.2, 0.25) is 0 Å². The quantitative estimate of drug-likeness (QED) is 0.519. The number of carbonyl (C=O) groups is 1. The van der Waals surface area contributed by atoms with E-state index in [2.05, 4.69) is 9.72 Å². The van der Waals surface area contributed by atoms with E-state index in [0.29, 0.717) is 12.3 Å². The molecule has 1 saturated carbocycles. The Morgan fingerprint density at radius 1 is 1.71 bits per heavy atom. The molecular weight excluding hydrogens is 197 g/mol. The zero-order chi connectivity index (χ0) is 10.1. The molecule has 0 unspecified atom stereocenters. The summed E-state index contributed by atoms with van der Waals surface area (Å²) in [4.78, 5) is 15.5. The predicted molar refractivity (Wildman–Crippen MR) is 58.0 cm³/mol. The molecule has 3 nitrogen and oxygen atoms in total. The lowest BCUT2D eigenvalue weighted by Gasteiger charge is -1.96. The van der Waals surface area contributed by atoms with Gasteiger partial charge in [0.1, 0.15) is 0 Å². The van der Waals surface area contributed by atoms with E-state index in [1.165, 1.54) is 25.0 Å². The van der Waals surface area contributed by atoms with Gasteiger partial charge in [0.15, 0.2) is 7.85 Å². The van der Waals surface area contributed by atoms with Gasteiger partial charge in [-0.05, 0) is 17.6 Å². The number of thiazole rings is 1. The molecule has 0 N–H and O–H groups in total. The molecule has 0 spiro atoms. The predicted octanol–water partition coefficient (Wildman–Crippen LogP) is -0.00560. The van der Waals surface area contributed by atoms with Gasteiger partial charge in [0.2, 0.25) is 0 Å². The van der Waals surface area contributed by atoms with Crippen LogP contribution in [-0.2, 0) is 16.0 Å². The van der Waals surface area contributed by atoms with Crippen LogP contribution in [-0.4, -0.2) is 25.9 Å². The smallest absolute Gasteiger partial charge is 0.311 e. The van der Waals surface area contributed by atoms with Crippen molar-refractivity contribution in [2.45, 2.75) is 25.2 Å². The van der Waals surface area contributed by atoms with Crippen molar-refractivity contribution < 1.29 is 9.53 Å². The zero-order valence-corrected chi connectivity index (χ0v) is 9.19. The number of carbonyl (C=O) groups excluding carboxylic acids is 1. The van der Waals surface area contributed by atoms with E-state index in [-0.39, 0.29) is 5.97 Å². The van der Waals surface area contributed by atoms with Crippen molar-refractivity contribution in [2.24, 2.45) is 0 Å². The molecule has 1 fully saturated rings. The van der Waals surface area contributed by atoms with Crippen LogP contribution in [0.5, 0.6) is 0 Å². The third-order valence-electron chi connectivity index (χ3n) is 2.38. The van der Waals surface area contributed by atoms with Crippen molar-refractivity contribution in [3.05, 3.63) is 10.7 Å². The Kier molecular flexibility index (Phi) is 2.59. The minimum absolute atomic E-state index is 0.208. The number of hydrogen-bond acceptors (Lipinski definition) is 4. The SMILES string of the molecule is Bc1sc(C2CC2)nc1CC(=O)OC. The fourth-order valence-electron chi connectivity index (χ4n) is 1.33. The Morgan fingerprint density at radius 3 is 3.00 bits per heavy atom. The highest BCUT2D eigenvalue weighted by Gasteiger charge is 2.27. The lowest BCUT2D eigenvalue weighted by molar-refractivity contribution is -0.139. The molecule has 1 heterocycles. The van der Waals surface area contributed by atoms with Crippen LogP contribution >= 0.6 is 11.3 Å². The number of ether oxygens (including phenoxy) is 1. The summed E-state index contributed by atoms with van der Waals surface area (Å²) in [7, 11) is 3.42. The summed E-state index contributed by atoms with van der Waals surface area (Å²) < 4.78 is 5.77. The average Bonchev–Trinajstić information content (AvgIpc) is 2.94. The van der Waals surface area contributed by atoms with Gasteiger partial charge < -0.3 is 4.74 Å². The number of aromatic nitrogens is 1. The minimum Gasteiger partial charge on any atom is -0.469 e. The third-order valence-corrected chi connectivity index (χ3v) is 3.55. The van der Waals surface area contributed by atoms with Crippen molar-refractivity contribution in [3.8, 4) is 0 Å². The number of esters is 1. The molecule has 0 radical (unpaired) electrons. The van der Waals surface area contributed by atoms with Crippen LogP contribution < -0.4 is 4.78 Å². The van der Waals surface area contributed by atoms with Crippen LogP contribution in [0.4, 0.5) is 0 Å². The van der Waals surface area contributed by atoms with Gasteiger partial charge in [-0.15, -0.1) is 11.3 Å². The molecule has 1 aromatic heterocycles. The van der Waals surface area contributed by atoms with Crippen molar-refractivity contribution in [2.75, 3.05) is 7.11 Å². The summed E-state index contributed by atoms with van der Waals surface area (Å²) in [6, 6.07) is 0. The Labute approximate surface area is 87.9 Å². The van der Waals surface area contributed by atoms with Gasteiger partial charge in [0.05, 0.1) is 24.2 Å². The molecule has 1 aliphatic carbocycles. The van der Waals surface area contributed by atoms with E-state index in [4.69, 9.17) is 0 Å². The maximum atomic E-state index is 11.1. The van der Waals surface area contributed by atoms with Gasteiger partial charge >= 0.3 is 5.97 Å². The molecule has 0 amide bonds. The standard InChI is InChI=1S/C9H12BNO2S/c1-13-7(12)4-6-8(10)14-9(11-6)5-2-3-5/h5H,2-4,10H2,1H3. The molecule has 5 heteroatoms. The normalized spacial score (nSPS) is 15.5. The molecule has 1 aliphatic rings. The Balaban J connectivity index is 2.12.